The van der Waals surface area contributed by atoms with Crippen LogP contribution in [0.3, 0.4) is 0 Å². The standard InChI is InChI=1S/C28H26B2N2O5/c31-19-27(33)36-29(21-7-3-1-4-8-21)23-11-15-25(16-12-23)35-26-17-13-24(14-18-26)30(37-28(34)20-32)22-9-5-2-6-10-22/h1-18H,19-20,31-32H2. The van der Waals surface area contributed by atoms with E-state index in [9.17, 15) is 9.59 Å². The summed E-state index contributed by atoms with van der Waals surface area (Å²) in [6, 6.07) is 33.6. The summed E-state index contributed by atoms with van der Waals surface area (Å²) in [5.41, 5.74) is 14.2. The van der Waals surface area contributed by atoms with Gasteiger partial charge in [0, 0.05) is 0 Å². The molecule has 4 rings (SSSR count). The molecule has 37 heavy (non-hydrogen) atoms. The zero-order chi connectivity index (χ0) is 26.0. The Hall–Kier alpha value is -4.33. The fourth-order valence-corrected chi connectivity index (χ4v) is 3.83. The molecule has 0 saturated carbocycles. The lowest BCUT2D eigenvalue weighted by Gasteiger charge is -2.16. The van der Waals surface area contributed by atoms with Crippen molar-refractivity contribution in [3.05, 3.63) is 109 Å². The Morgan fingerprint density at radius 3 is 1.16 bits per heavy atom. The van der Waals surface area contributed by atoms with Gasteiger partial charge in [0.2, 0.25) is 0 Å². The maximum absolute atomic E-state index is 11.9. The molecule has 0 unspecified atom stereocenters. The molecule has 4 aromatic rings. The minimum atomic E-state index is -0.572. The summed E-state index contributed by atoms with van der Waals surface area (Å²) < 4.78 is 17.2. The summed E-state index contributed by atoms with van der Waals surface area (Å²) in [7, 11) is 0. The normalized spacial score (nSPS) is 10.3. The summed E-state index contributed by atoms with van der Waals surface area (Å²) in [5.74, 6) is 0.255. The second-order valence-corrected chi connectivity index (χ2v) is 8.21. The summed E-state index contributed by atoms with van der Waals surface area (Å²) in [5, 5.41) is 0. The maximum atomic E-state index is 11.9. The van der Waals surface area contributed by atoms with Crippen molar-refractivity contribution in [1.82, 2.24) is 0 Å². The molecule has 4 aromatic carbocycles. The van der Waals surface area contributed by atoms with Crippen LogP contribution in [0.1, 0.15) is 0 Å². The van der Waals surface area contributed by atoms with Crippen LogP contribution < -0.4 is 38.1 Å². The van der Waals surface area contributed by atoms with Crippen molar-refractivity contribution < 1.29 is 23.6 Å². The lowest BCUT2D eigenvalue weighted by Crippen LogP contribution is -2.47. The van der Waals surface area contributed by atoms with Crippen molar-refractivity contribution in [3.63, 3.8) is 0 Å². The first kappa shape index (κ1) is 25.8. The van der Waals surface area contributed by atoms with Crippen molar-refractivity contribution in [3.8, 4) is 11.5 Å². The van der Waals surface area contributed by atoms with E-state index in [0.29, 0.717) is 11.5 Å². The minimum absolute atomic E-state index is 0.197. The van der Waals surface area contributed by atoms with Crippen LogP contribution in [0.25, 0.3) is 0 Å². The molecule has 4 N–H and O–H groups in total. The van der Waals surface area contributed by atoms with Crippen LogP contribution in [0.15, 0.2) is 109 Å². The first-order chi connectivity index (χ1) is 18.1. The smallest absolute Gasteiger partial charge is 0.429 e. The topological polar surface area (TPSA) is 114 Å². The Balaban J connectivity index is 1.50. The number of hydrogen-bond acceptors (Lipinski definition) is 7. The van der Waals surface area contributed by atoms with E-state index < -0.39 is 25.8 Å². The zero-order valence-corrected chi connectivity index (χ0v) is 20.2. The highest BCUT2D eigenvalue weighted by atomic mass is 16.5. The van der Waals surface area contributed by atoms with Gasteiger partial charge in [-0.15, -0.1) is 0 Å². The Kier molecular flexibility index (Phi) is 8.75. The molecule has 0 radical (unpaired) electrons. The van der Waals surface area contributed by atoms with Gasteiger partial charge in [0.15, 0.2) is 0 Å². The lowest BCUT2D eigenvalue weighted by molar-refractivity contribution is -0.133. The fourth-order valence-electron chi connectivity index (χ4n) is 3.83. The van der Waals surface area contributed by atoms with Gasteiger partial charge in [-0.3, -0.25) is 9.59 Å². The first-order valence-electron chi connectivity index (χ1n) is 11.8. The van der Waals surface area contributed by atoms with Gasteiger partial charge in [-0.25, -0.2) is 0 Å². The third kappa shape index (κ3) is 6.88. The van der Waals surface area contributed by atoms with Crippen LogP contribution >= 0.6 is 0 Å². The van der Waals surface area contributed by atoms with Gasteiger partial charge in [0.05, 0.1) is 13.1 Å². The number of carbonyl (C=O) groups is 2. The Bertz CT molecular complexity index is 1200. The van der Waals surface area contributed by atoms with Crippen LogP contribution in [0, 0.1) is 0 Å². The molecule has 0 heterocycles. The molecule has 9 heteroatoms. The number of benzene rings is 4. The second kappa shape index (κ2) is 12.6. The summed E-state index contributed by atoms with van der Waals surface area (Å²) >= 11 is 0. The molecule has 0 bridgehead atoms. The highest BCUT2D eigenvalue weighted by Gasteiger charge is 2.26. The highest BCUT2D eigenvalue weighted by molar-refractivity contribution is 6.81. The van der Waals surface area contributed by atoms with Gasteiger partial charge in [-0.1, -0.05) is 84.9 Å². The minimum Gasteiger partial charge on any atom is -0.525 e. The van der Waals surface area contributed by atoms with Crippen molar-refractivity contribution in [2.24, 2.45) is 11.5 Å². The van der Waals surface area contributed by atoms with Crippen LogP contribution in [-0.2, 0) is 18.9 Å². The first-order valence-corrected chi connectivity index (χ1v) is 11.8. The lowest BCUT2D eigenvalue weighted by atomic mass is 9.55. The van der Waals surface area contributed by atoms with E-state index in [1.165, 1.54) is 0 Å². The summed E-state index contributed by atoms with van der Waals surface area (Å²) in [6.45, 7) is -1.54. The van der Waals surface area contributed by atoms with Gasteiger partial charge in [0.1, 0.15) is 11.5 Å². The number of rotatable bonds is 10. The van der Waals surface area contributed by atoms with E-state index >= 15 is 0 Å². The van der Waals surface area contributed by atoms with E-state index in [4.69, 9.17) is 25.5 Å². The van der Waals surface area contributed by atoms with Crippen molar-refractivity contribution in [1.29, 1.82) is 0 Å². The Labute approximate surface area is 216 Å². The van der Waals surface area contributed by atoms with Gasteiger partial charge >= 0.3 is 25.8 Å². The van der Waals surface area contributed by atoms with Crippen molar-refractivity contribution in [2.45, 2.75) is 0 Å². The second-order valence-electron chi connectivity index (χ2n) is 8.21. The average Bonchev–Trinajstić information content (AvgIpc) is 2.96. The molecule has 0 aromatic heterocycles. The number of nitrogens with two attached hydrogens (primary N) is 2. The molecular weight excluding hydrogens is 466 g/mol. The summed E-state index contributed by atoms with van der Waals surface area (Å²) in [6.07, 6.45) is 0. The molecule has 0 atom stereocenters. The number of ether oxygens (including phenoxy) is 1. The zero-order valence-electron chi connectivity index (χ0n) is 20.2. The van der Waals surface area contributed by atoms with Crippen molar-refractivity contribution in [2.75, 3.05) is 13.1 Å². The largest absolute Gasteiger partial charge is 0.525 e. The number of hydrogen-bond donors (Lipinski definition) is 2. The predicted octanol–water partition coefficient (Wildman–Crippen LogP) is 0.694. The molecule has 0 spiro atoms. The third-order valence-electron chi connectivity index (χ3n) is 5.64. The van der Waals surface area contributed by atoms with Crippen LogP contribution in [0.5, 0.6) is 11.5 Å². The Morgan fingerprint density at radius 2 is 0.838 bits per heavy atom. The quantitative estimate of drug-likeness (QED) is 0.314. The van der Waals surface area contributed by atoms with Gasteiger partial charge in [-0.2, -0.15) is 0 Å². The molecule has 0 aliphatic carbocycles. The van der Waals surface area contributed by atoms with Crippen LogP contribution in [0.4, 0.5) is 0 Å². The fraction of sp³-hybridized carbons (Fsp3) is 0.0714. The van der Waals surface area contributed by atoms with Crippen molar-refractivity contribution >= 4 is 47.6 Å². The van der Waals surface area contributed by atoms with Crippen LogP contribution in [-0.4, -0.2) is 38.9 Å². The van der Waals surface area contributed by atoms with E-state index in [1.54, 1.807) is 0 Å². The van der Waals surface area contributed by atoms with E-state index in [2.05, 4.69) is 0 Å². The average molecular weight is 492 g/mol. The summed E-state index contributed by atoms with van der Waals surface area (Å²) in [4.78, 5) is 23.8. The molecule has 0 aliphatic heterocycles. The molecular formula is C28H26B2N2O5. The molecule has 0 fully saturated rings. The molecule has 0 aliphatic rings. The molecule has 0 saturated heterocycles. The molecule has 0 amide bonds. The van der Waals surface area contributed by atoms with Crippen LogP contribution in [0.2, 0.25) is 0 Å². The van der Waals surface area contributed by atoms with E-state index in [-0.39, 0.29) is 13.1 Å². The maximum Gasteiger partial charge on any atom is 0.429 e. The van der Waals surface area contributed by atoms with Gasteiger partial charge in [-0.05, 0) is 46.1 Å². The third-order valence-corrected chi connectivity index (χ3v) is 5.64. The predicted molar refractivity (Wildman–Crippen MR) is 146 cm³/mol. The van der Waals surface area contributed by atoms with E-state index in [0.717, 1.165) is 21.9 Å². The van der Waals surface area contributed by atoms with Gasteiger partial charge < -0.3 is 25.5 Å². The van der Waals surface area contributed by atoms with E-state index in [1.807, 2.05) is 109 Å². The highest BCUT2D eigenvalue weighted by Crippen LogP contribution is 2.19. The SMILES string of the molecule is NCC(=O)OB(c1ccccc1)c1ccc(Oc2ccc(B(OC(=O)CN)c3ccccc3)cc2)cc1. The molecule has 184 valence electrons. The van der Waals surface area contributed by atoms with Gasteiger partial charge in [0.25, 0.3) is 0 Å². The number of carbonyl (C=O) groups excluding carboxylic acids is 2. The monoisotopic (exact) mass is 492 g/mol. The Morgan fingerprint density at radius 1 is 0.514 bits per heavy atom. The molecule has 7 nitrogen and oxygen atoms in total.